The van der Waals surface area contributed by atoms with Gasteiger partial charge in [-0.3, -0.25) is 19.3 Å². The number of nitrogens with zero attached hydrogens (tertiary/aromatic N) is 3. The minimum Gasteiger partial charge on any atom is -0.504 e. The molecule has 16 nitrogen and oxygen atoms in total. The Morgan fingerprint density at radius 2 is 1.91 bits per heavy atom. The molecule has 1 aromatic heterocycles. The van der Waals surface area contributed by atoms with Gasteiger partial charge < -0.3 is 41.6 Å². The van der Waals surface area contributed by atoms with E-state index in [0.717, 1.165) is 22.3 Å². The molecule has 3 aliphatic rings. The predicted molar refractivity (Wildman–Crippen MR) is 194 cm³/mol. The van der Waals surface area contributed by atoms with Crippen molar-refractivity contribution in [3.8, 4) is 11.5 Å². The van der Waals surface area contributed by atoms with E-state index in [2.05, 4.69) is 20.8 Å². The number of alkyl halides is 2. The van der Waals surface area contributed by atoms with Crippen molar-refractivity contribution in [3.63, 3.8) is 0 Å². The molecule has 3 amide bonds. The Kier molecular flexibility index (Phi) is 13.7. The quantitative estimate of drug-likeness (QED) is 0.0475. The van der Waals surface area contributed by atoms with Crippen LogP contribution in [0.2, 0.25) is 5.02 Å². The van der Waals surface area contributed by atoms with Crippen molar-refractivity contribution in [1.82, 2.24) is 20.5 Å². The topological polar surface area (TPSA) is 254 Å². The number of phenols is 2. The molecule has 8 N–H and O–H groups in total. The van der Waals surface area contributed by atoms with Gasteiger partial charge in [-0.2, -0.15) is 11.8 Å². The van der Waals surface area contributed by atoms with Gasteiger partial charge in [-0.25, -0.2) is 23.4 Å². The molecule has 1 saturated heterocycles. The number of β-lactam (4-membered cyclic amide) rings is 1. The van der Waals surface area contributed by atoms with E-state index in [0.29, 0.717) is 11.3 Å². The third kappa shape index (κ3) is 9.37. The fourth-order valence-corrected chi connectivity index (χ4v) is 8.81. The predicted octanol–water partition coefficient (Wildman–Crippen LogP) is 3.11. The number of hydrogen-bond donors (Lipinski definition) is 7. The number of rotatable bonds is 14. The van der Waals surface area contributed by atoms with Crippen LogP contribution in [0.15, 0.2) is 33.9 Å². The normalized spacial score (nSPS) is 20.4. The van der Waals surface area contributed by atoms with Crippen molar-refractivity contribution in [1.29, 1.82) is 0 Å². The molecule has 0 spiro atoms. The van der Waals surface area contributed by atoms with Crippen LogP contribution in [-0.4, -0.2) is 113 Å². The Morgan fingerprint density at radius 3 is 2.53 bits per heavy atom. The van der Waals surface area contributed by atoms with Gasteiger partial charge in [-0.15, -0.1) is 35.5 Å². The van der Waals surface area contributed by atoms with Crippen molar-refractivity contribution in [2.75, 3.05) is 29.5 Å². The monoisotopic (exact) mass is 840 g/mol. The Labute approximate surface area is 322 Å². The molecule has 2 fully saturated rings. The number of carboxylic acid groups (broad SMARTS) is 2. The molecule has 53 heavy (non-hydrogen) atoms. The zero-order valence-corrected chi connectivity index (χ0v) is 31.1. The summed E-state index contributed by atoms with van der Waals surface area (Å²) in [6, 6.07) is 1.17. The number of phenolic OH excluding ortho intramolecular Hbond substituents is 2. The second-order valence-electron chi connectivity index (χ2n) is 11.8. The van der Waals surface area contributed by atoms with Crippen LogP contribution in [0.3, 0.4) is 0 Å². The number of thiazole rings is 1. The fraction of sp³-hybridized carbons (Fsp3) is 0.433. The molecule has 3 heterocycles. The summed E-state index contributed by atoms with van der Waals surface area (Å²) < 4.78 is 27.4. The van der Waals surface area contributed by atoms with E-state index in [1.807, 2.05) is 0 Å². The molecular weight excluding hydrogens is 809 g/mol. The number of nitrogen functional groups attached to an aromatic ring is 1. The van der Waals surface area contributed by atoms with Crippen LogP contribution in [0, 0.1) is 5.92 Å². The number of carboxylic acids is 2. The van der Waals surface area contributed by atoms with Crippen molar-refractivity contribution >= 4 is 99.4 Å². The number of oxime groups is 1. The standard InChI is InChI=1S/C30H31ClF2N6O10S3.ClH/c31-17-14(1-2-16(40)21(17)41)23(42)35-7-8-50-9-13-10-51-26-19(25(44)39(26)20(13)27(45)46)37-24(43)18(15-11-52-29(34)36-15)38-49-22(28(47)48)12-3-5-30(32,33)6-4-12;/h1-2,11-12,19,22,26,40-41H,3-10H2,(H2,34,36)(H,35,42)(H,37,43)(H,45,46)(H,47,48);1H/b38-18-;/t19-,22?,26-;/m1./s1. The number of nitrogens with one attached hydrogen (secondary N) is 2. The number of carbonyl (C=O) groups excluding carboxylic acids is 3. The molecule has 1 aliphatic carbocycles. The molecule has 2 aromatic rings. The summed E-state index contributed by atoms with van der Waals surface area (Å²) >= 11 is 9.36. The molecule has 0 radical (unpaired) electrons. The number of aliphatic carboxylic acids is 2. The maximum Gasteiger partial charge on any atom is 0.352 e. The highest BCUT2D eigenvalue weighted by Gasteiger charge is 2.54. The molecule has 3 atom stereocenters. The Morgan fingerprint density at radius 1 is 1.21 bits per heavy atom. The van der Waals surface area contributed by atoms with Crippen molar-refractivity contribution < 1.29 is 58.0 Å². The third-order valence-corrected chi connectivity index (χ3v) is 11.8. The lowest BCUT2D eigenvalue weighted by Crippen LogP contribution is -2.71. The number of anilines is 1. The average molecular weight is 842 g/mol. The minimum atomic E-state index is -2.92. The van der Waals surface area contributed by atoms with Gasteiger partial charge in [-0.1, -0.05) is 16.8 Å². The van der Waals surface area contributed by atoms with Gasteiger partial charge in [0.15, 0.2) is 22.3 Å². The van der Waals surface area contributed by atoms with E-state index in [1.165, 1.54) is 35.0 Å². The lowest BCUT2D eigenvalue weighted by Gasteiger charge is -2.49. The Balaban J connectivity index is 0.00000627. The Hall–Kier alpha value is -4.05. The highest BCUT2D eigenvalue weighted by molar-refractivity contribution is 8.01. The van der Waals surface area contributed by atoms with Crippen LogP contribution < -0.4 is 16.4 Å². The van der Waals surface area contributed by atoms with Crippen LogP contribution in [0.4, 0.5) is 13.9 Å². The number of hydrogen-bond acceptors (Lipinski definition) is 14. The third-order valence-electron chi connectivity index (χ3n) is 8.35. The lowest BCUT2D eigenvalue weighted by atomic mass is 9.83. The number of aromatic hydroxyl groups is 2. The van der Waals surface area contributed by atoms with Crippen LogP contribution >= 0.6 is 58.9 Å². The minimum absolute atomic E-state index is 0. The summed E-state index contributed by atoms with van der Waals surface area (Å²) in [4.78, 5) is 73.8. The molecule has 1 unspecified atom stereocenters. The molecule has 1 aromatic carbocycles. The Bertz CT molecular complexity index is 1840. The summed E-state index contributed by atoms with van der Waals surface area (Å²) in [6.45, 7) is 0.145. The van der Waals surface area contributed by atoms with Crippen molar-refractivity contribution in [2.45, 2.75) is 49.1 Å². The molecule has 2 aliphatic heterocycles. The van der Waals surface area contributed by atoms with Gasteiger partial charge in [0.25, 0.3) is 17.7 Å². The molecule has 1 saturated carbocycles. The number of aromatic nitrogens is 1. The van der Waals surface area contributed by atoms with Gasteiger partial charge in [0.05, 0.1) is 10.6 Å². The first-order valence-electron chi connectivity index (χ1n) is 15.4. The first-order valence-corrected chi connectivity index (χ1v) is 18.9. The van der Waals surface area contributed by atoms with E-state index in [-0.39, 0.29) is 70.4 Å². The first kappa shape index (κ1) is 41.7. The van der Waals surface area contributed by atoms with E-state index >= 15 is 0 Å². The maximum absolute atomic E-state index is 13.7. The second kappa shape index (κ2) is 17.4. The number of nitrogens with two attached hydrogens (primary N) is 1. The van der Waals surface area contributed by atoms with E-state index in [1.54, 1.807) is 0 Å². The van der Waals surface area contributed by atoms with Crippen molar-refractivity contribution in [2.24, 2.45) is 11.1 Å². The van der Waals surface area contributed by atoms with Gasteiger partial charge >= 0.3 is 11.9 Å². The number of fused-ring (bicyclic) bond motifs is 1. The van der Waals surface area contributed by atoms with Gasteiger partial charge in [-0.05, 0) is 30.5 Å². The number of halogens is 4. The average Bonchev–Trinajstić information content (AvgIpc) is 3.52. The van der Waals surface area contributed by atoms with E-state index in [4.69, 9.17) is 22.2 Å². The largest absolute Gasteiger partial charge is 0.504 e. The van der Waals surface area contributed by atoms with Crippen LogP contribution in [0.25, 0.3) is 0 Å². The molecule has 0 bridgehead atoms. The molecular formula is C30H32Cl2F2N6O10S3. The highest BCUT2D eigenvalue weighted by Crippen LogP contribution is 2.42. The van der Waals surface area contributed by atoms with Crippen LogP contribution in [0.5, 0.6) is 11.5 Å². The summed E-state index contributed by atoms with van der Waals surface area (Å²) in [5, 5.41) is 48.2. The summed E-state index contributed by atoms with van der Waals surface area (Å²) in [5.41, 5.74) is 5.25. The maximum atomic E-state index is 13.7. The second-order valence-corrected chi connectivity index (χ2v) is 15.3. The summed E-state index contributed by atoms with van der Waals surface area (Å²) in [7, 11) is 0. The zero-order chi connectivity index (χ0) is 37.9. The number of carbonyl (C=O) groups is 5. The smallest absolute Gasteiger partial charge is 0.352 e. The van der Waals surface area contributed by atoms with Gasteiger partial charge in [0.2, 0.25) is 12.0 Å². The molecule has 288 valence electrons. The van der Waals surface area contributed by atoms with Crippen LogP contribution in [-0.2, 0) is 24.0 Å². The summed E-state index contributed by atoms with van der Waals surface area (Å²) in [5.74, 6) is -9.24. The lowest BCUT2D eigenvalue weighted by molar-refractivity contribution is -0.158. The number of amides is 3. The van der Waals surface area contributed by atoms with E-state index < -0.39 is 89.1 Å². The van der Waals surface area contributed by atoms with Crippen molar-refractivity contribution in [3.05, 3.63) is 45.1 Å². The number of benzene rings is 1. The van der Waals surface area contributed by atoms with Gasteiger partial charge in [0.1, 0.15) is 22.8 Å². The zero-order valence-electron chi connectivity index (χ0n) is 27.1. The fourth-order valence-electron chi connectivity index (χ4n) is 5.67. The van der Waals surface area contributed by atoms with Crippen LogP contribution in [0.1, 0.15) is 41.7 Å². The molecule has 23 heteroatoms. The first-order chi connectivity index (χ1) is 24.6. The van der Waals surface area contributed by atoms with E-state index in [9.17, 15) is 53.2 Å². The summed E-state index contributed by atoms with van der Waals surface area (Å²) in [6.07, 6.45) is -2.99. The highest BCUT2D eigenvalue weighted by atomic mass is 35.5. The van der Waals surface area contributed by atoms with Gasteiger partial charge in [0, 0.05) is 47.9 Å². The number of thioether (sulfide) groups is 2. The SMILES string of the molecule is Cl.Nc1nc(/C(=N/OC(C(=O)O)C2CCC(F)(F)CC2)C(=O)N[C@@H]2C(=O)N3C(C(=O)O)=C(CSCCNC(=O)c4ccc(O)c(O)c4Cl)CS[C@H]23)cs1. The molecule has 5 rings (SSSR count).